The van der Waals surface area contributed by atoms with Crippen molar-refractivity contribution in [2.24, 2.45) is 0 Å². The Morgan fingerprint density at radius 2 is 2.19 bits per heavy atom. The van der Waals surface area contributed by atoms with E-state index in [2.05, 4.69) is 16.6 Å². The van der Waals surface area contributed by atoms with Crippen LogP contribution in [-0.4, -0.2) is 18.0 Å². The predicted octanol–water partition coefficient (Wildman–Crippen LogP) is 1.43. The Kier molecular flexibility index (Phi) is 3.62. The van der Waals surface area contributed by atoms with Crippen molar-refractivity contribution in [1.82, 2.24) is 0 Å². The molecule has 0 aromatic heterocycles. The third kappa shape index (κ3) is 2.58. The predicted molar refractivity (Wildman–Crippen MR) is 56.7 cm³/mol. The maximum atomic E-state index is 10.8. The van der Waals surface area contributed by atoms with E-state index in [0.29, 0.717) is 5.56 Å². The molecule has 1 aromatic rings. The average molecular weight is 219 g/mol. The highest BCUT2D eigenvalue weighted by Crippen LogP contribution is 2.21. The lowest BCUT2D eigenvalue weighted by atomic mass is 10.1. The minimum absolute atomic E-state index is 0.0843. The van der Waals surface area contributed by atoms with Gasteiger partial charge in [0, 0.05) is 11.5 Å². The van der Waals surface area contributed by atoms with Gasteiger partial charge < -0.3 is 4.74 Å². The number of rotatable bonds is 1. The molecule has 0 saturated heterocycles. The van der Waals surface area contributed by atoms with Gasteiger partial charge in [0.05, 0.1) is 12.0 Å². The molecule has 5 heteroatoms. The Labute approximate surface area is 92.2 Å². The van der Waals surface area contributed by atoms with Crippen molar-refractivity contribution in [3.63, 3.8) is 0 Å². The molecule has 0 radical (unpaired) electrons. The number of esters is 1. The number of aryl methyl sites for hydroxylation is 1. The van der Waals surface area contributed by atoms with Gasteiger partial charge in [-0.1, -0.05) is 12.1 Å². The minimum Gasteiger partial charge on any atom is -0.459 e. The molecule has 1 rings (SSSR count). The number of methoxy groups -OCH3 is 1. The normalized spacial score (nSPS) is 8.88. The molecule has 0 aliphatic heterocycles. The number of benzene rings is 1. The molecule has 5 nitrogen and oxygen atoms in total. The van der Waals surface area contributed by atoms with Gasteiger partial charge in [0.15, 0.2) is 0 Å². The molecule has 0 spiro atoms. The summed E-state index contributed by atoms with van der Waals surface area (Å²) in [5.74, 6) is 3.85. The van der Waals surface area contributed by atoms with Crippen LogP contribution in [0.3, 0.4) is 0 Å². The summed E-state index contributed by atoms with van der Waals surface area (Å²) >= 11 is 0. The molecule has 1 aromatic carbocycles. The van der Waals surface area contributed by atoms with Gasteiger partial charge in [0.25, 0.3) is 5.69 Å². The summed E-state index contributed by atoms with van der Waals surface area (Å²) in [5, 5.41) is 10.8. The summed E-state index contributed by atoms with van der Waals surface area (Å²) in [6, 6.07) is 4.74. The Morgan fingerprint density at radius 1 is 1.50 bits per heavy atom. The van der Waals surface area contributed by atoms with Crippen LogP contribution >= 0.6 is 0 Å². The van der Waals surface area contributed by atoms with E-state index in [-0.39, 0.29) is 11.3 Å². The fourth-order valence-electron chi connectivity index (χ4n) is 1.17. The van der Waals surface area contributed by atoms with Crippen LogP contribution < -0.4 is 0 Å². The van der Waals surface area contributed by atoms with E-state index in [1.807, 2.05) is 0 Å². The van der Waals surface area contributed by atoms with Crippen molar-refractivity contribution in [2.75, 3.05) is 7.11 Å². The van der Waals surface area contributed by atoms with Gasteiger partial charge in [-0.2, -0.15) is 0 Å². The van der Waals surface area contributed by atoms with Gasteiger partial charge in [-0.05, 0) is 18.9 Å². The van der Waals surface area contributed by atoms with Crippen LogP contribution in [0.25, 0.3) is 0 Å². The molecule has 0 unspecified atom stereocenters. The zero-order valence-electron chi connectivity index (χ0n) is 8.81. The molecule has 0 amide bonds. The lowest BCUT2D eigenvalue weighted by Gasteiger charge is -1.98. The molecule has 0 bridgehead atoms. The first-order chi connectivity index (χ1) is 7.56. The van der Waals surface area contributed by atoms with Crippen LogP contribution in [-0.2, 0) is 9.53 Å². The quantitative estimate of drug-likeness (QED) is 0.310. The molecule has 0 N–H and O–H groups in total. The number of nitro benzene ring substituents is 1. The van der Waals surface area contributed by atoms with Crippen LogP contribution in [0.2, 0.25) is 0 Å². The number of hydrogen-bond donors (Lipinski definition) is 0. The maximum Gasteiger partial charge on any atom is 0.384 e. The minimum atomic E-state index is -0.726. The first-order valence-electron chi connectivity index (χ1n) is 4.40. The van der Waals surface area contributed by atoms with E-state index in [9.17, 15) is 14.9 Å². The van der Waals surface area contributed by atoms with E-state index in [1.165, 1.54) is 13.2 Å². The fourth-order valence-corrected chi connectivity index (χ4v) is 1.17. The largest absolute Gasteiger partial charge is 0.459 e. The average Bonchev–Trinajstić information content (AvgIpc) is 2.25. The maximum absolute atomic E-state index is 10.8. The van der Waals surface area contributed by atoms with Gasteiger partial charge in [-0.3, -0.25) is 10.1 Å². The van der Waals surface area contributed by atoms with Gasteiger partial charge in [-0.25, -0.2) is 4.79 Å². The lowest BCUT2D eigenvalue weighted by molar-refractivity contribution is -0.385. The summed E-state index contributed by atoms with van der Waals surface area (Å²) < 4.78 is 4.32. The SMILES string of the molecule is COC(=O)C#Cc1cccc(C)c1[N+](=O)[O-]. The summed E-state index contributed by atoms with van der Waals surface area (Å²) in [5.41, 5.74) is 0.621. The third-order valence-corrected chi connectivity index (χ3v) is 1.90. The Balaban J connectivity index is 3.22. The first-order valence-corrected chi connectivity index (χ1v) is 4.40. The molecule has 0 fully saturated rings. The number of nitrogens with zero attached hydrogens (tertiary/aromatic N) is 1. The van der Waals surface area contributed by atoms with Gasteiger partial charge in [0.1, 0.15) is 5.56 Å². The number of carbonyl (C=O) groups is 1. The van der Waals surface area contributed by atoms with E-state index in [1.54, 1.807) is 19.1 Å². The zero-order valence-corrected chi connectivity index (χ0v) is 8.81. The van der Waals surface area contributed by atoms with E-state index in [0.717, 1.165) is 0 Å². The summed E-state index contributed by atoms with van der Waals surface area (Å²) in [6.07, 6.45) is 0. The summed E-state index contributed by atoms with van der Waals surface area (Å²) in [6.45, 7) is 1.61. The molecule has 0 atom stereocenters. The van der Waals surface area contributed by atoms with Crippen LogP contribution in [0.4, 0.5) is 5.69 Å². The number of hydrogen-bond acceptors (Lipinski definition) is 4. The molecule has 0 saturated carbocycles. The van der Waals surface area contributed by atoms with Gasteiger partial charge >= 0.3 is 5.97 Å². The molecule has 16 heavy (non-hydrogen) atoms. The summed E-state index contributed by atoms with van der Waals surface area (Å²) in [7, 11) is 1.20. The first kappa shape index (κ1) is 11.7. The highest BCUT2D eigenvalue weighted by atomic mass is 16.6. The zero-order chi connectivity index (χ0) is 12.1. The molecular formula is C11H9NO4. The highest BCUT2D eigenvalue weighted by molar-refractivity contribution is 5.89. The van der Waals surface area contributed by atoms with Crippen molar-refractivity contribution in [2.45, 2.75) is 6.92 Å². The lowest BCUT2D eigenvalue weighted by Crippen LogP contribution is -1.97. The van der Waals surface area contributed by atoms with Crippen LogP contribution in [0.1, 0.15) is 11.1 Å². The third-order valence-electron chi connectivity index (χ3n) is 1.90. The number of ether oxygens (including phenoxy) is 1. The highest BCUT2D eigenvalue weighted by Gasteiger charge is 2.14. The van der Waals surface area contributed by atoms with Gasteiger partial charge in [0.2, 0.25) is 0 Å². The second kappa shape index (κ2) is 4.94. The van der Waals surface area contributed by atoms with E-state index < -0.39 is 10.9 Å². The van der Waals surface area contributed by atoms with Crippen molar-refractivity contribution >= 4 is 11.7 Å². The molecule has 82 valence electrons. The van der Waals surface area contributed by atoms with Crippen LogP contribution in [0.5, 0.6) is 0 Å². The summed E-state index contributed by atoms with van der Waals surface area (Å²) in [4.78, 5) is 21.0. The standard InChI is InChI=1S/C11H9NO4/c1-8-4-3-5-9(11(8)12(14)15)6-7-10(13)16-2/h3-5H,1-2H3. The van der Waals surface area contributed by atoms with E-state index >= 15 is 0 Å². The second-order valence-corrected chi connectivity index (χ2v) is 2.97. The second-order valence-electron chi connectivity index (χ2n) is 2.97. The van der Waals surface area contributed by atoms with Crippen LogP contribution in [0.15, 0.2) is 18.2 Å². The van der Waals surface area contributed by atoms with Crippen LogP contribution in [0, 0.1) is 28.9 Å². The van der Waals surface area contributed by atoms with Crippen molar-refractivity contribution in [3.05, 3.63) is 39.4 Å². The fraction of sp³-hybridized carbons (Fsp3) is 0.182. The molecule has 0 heterocycles. The Hall–Kier alpha value is -2.35. The number of para-hydroxylation sites is 1. The number of nitro groups is 1. The smallest absolute Gasteiger partial charge is 0.384 e. The monoisotopic (exact) mass is 219 g/mol. The number of carbonyl (C=O) groups excluding carboxylic acids is 1. The topological polar surface area (TPSA) is 69.4 Å². The van der Waals surface area contributed by atoms with Crippen molar-refractivity contribution in [1.29, 1.82) is 0 Å². The van der Waals surface area contributed by atoms with Crippen molar-refractivity contribution in [3.8, 4) is 11.8 Å². The van der Waals surface area contributed by atoms with Gasteiger partial charge in [-0.15, -0.1) is 0 Å². The molecule has 0 aliphatic rings. The Morgan fingerprint density at radius 3 is 2.75 bits per heavy atom. The van der Waals surface area contributed by atoms with Crippen molar-refractivity contribution < 1.29 is 14.5 Å². The molecule has 0 aliphatic carbocycles. The molecular weight excluding hydrogens is 210 g/mol. The van der Waals surface area contributed by atoms with E-state index in [4.69, 9.17) is 0 Å². The Bertz CT molecular complexity index is 496.